The Balaban J connectivity index is 1.79. The van der Waals surface area contributed by atoms with Crippen molar-refractivity contribution in [1.82, 2.24) is 14.9 Å². The molecule has 0 bridgehead atoms. The van der Waals surface area contributed by atoms with E-state index < -0.39 is 0 Å². The molecule has 98 valence electrons. The van der Waals surface area contributed by atoms with E-state index in [2.05, 4.69) is 10.3 Å². The number of rotatable bonds is 4. The van der Waals surface area contributed by atoms with E-state index in [1.54, 1.807) is 6.20 Å². The van der Waals surface area contributed by atoms with Crippen LogP contribution in [-0.4, -0.2) is 21.5 Å². The highest BCUT2D eigenvalue weighted by molar-refractivity contribution is 5.77. The summed E-state index contributed by atoms with van der Waals surface area (Å²) in [5.41, 5.74) is 7.38. The molecule has 0 spiro atoms. The molecule has 0 unspecified atom stereocenters. The second-order valence-corrected chi connectivity index (χ2v) is 4.85. The minimum Gasteiger partial charge on any atom is -0.399 e. The highest BCUT2D eigenvalue weighted by Gasteiger charge is 2.23. The molecule has 1 saturated carbocycles. The zero-order valence-corrected chi connectivity index (χ0v) is 10.5. The maximum Gasteiger partial charge on any atom is 0.240 e. The third-order valence-electron chi connectivity index (χ3n) is 3.12. The summed E-state index contributed by atoms with van der Waals surface area (Å²) in [6.07, 6.45) is 5.70. The Morgan fingerprint density at radius 3 is 3.05 bits per heavy atom. The standard InChI is InChI=1S/C14H16N4O/c15-11-3-1-2-10(8-11)14-16-6-7-18(14)9-13(19)17-12-4-5-12/h1-3,6-8,12H,4-5,9,15H2,(H,17,19). The van der Waals surface area contributed by atoms with E-state index in [0.717, 1.165) is 24.2 Å². The first kappa shape index (κ1) is 11.8. The first-order valence-corrected chi connectivity index (χ1v) is 6.39. The van der Waals surface area contributed by atoms with Gasteiger partial charge >= 0.3 is 0 Å². The van der Waals surface area contributed by atoms with E-state index in [4.69, 9.17) is 5.73 Å². The number of nitrogens with two attached hydrogens (primary N) is 1. The first-order chi connectivity index (χ1) is 9.22. The minimum absolute atomic E-state index is 0.0330. The molecular weight excluding hydrogens is 240 g/mol. The van der Waals surface area contributed by atoms with Gasteiger partial charge in [0, 0.05) is 29.7 Å². The lowest BCUT2D eigenvalue weighted by Gasteiger charge is -2.08. The van der Waals surface area contributed by atoms with Crippen molar-refractivity contribution in [2.45, 2.75) is 25.4 Å². The van der Waals surface area contributed by atoms with Gasteiger partial charge < -0.3 is 15.6 Å². The summed E-state index contributed by atoms with van der Waals surface area (Å²) in [6, 6.07) is 7.89. The van der Waals surface area contributed by atoms with Gasteiger partial charge in [-0.05, 0) is 25.0 Å². The van der Waals surface area contributed by atoms with Gasteiger partial charge in [-0.15, -0.1) is 0 Å². The second kappa shape index (κ2) is 4.76. The molecule has 1 aliphatic rings. The van der Waals surface area contributed by atoms with Gasteiger partial charge in [-0.1, -0.05) is 12.1 Å². The molecule has 0 saturated heterocycles. The number of amides is 1. The molecule has 3 N–H and O–H groups in total. The predicted molar refractivity (Wildman–Crippen MR) is 73.2 cm³/mol. The fourth-order valence-corrected chi connectivity index (χ4v) is 2.03. The third kappa shape index (κ3) is 2.76. The number of hydrogen-bond acceptors (Lipinski definition) is 3. The molecule has 5 heteroatoms. The number of carbonyl (C=O) groups excluding carboxylic acids is 1. The maximum atomic E-state index is 11.8. The Morgan fingerprint density at radius 2 is 2.32 bits per heavy atom. The maximum absolute atomic E-state index is 11.8. The molecule has 1 fully saturated rings. The van der Waals surface area contributed by atoms with Crippen molar-refractivity contribution in [2.24, 2.45) is 0 Å². The van der Waals surface area contributed by atoms with Crippen molar-refractivity contribution in [3.63, 3.8) is 0 Å². The van der Waals surface area contributed by atoms with Crippen LogP contribution in [-0.2, 0) is 11.3 Å². The number of aromatic nitrogens is 2. The Kier molecular flexibility index (Phi) is 2.95. The molecule has 1 aliphatic carbocycles. The SMILES string of the molecule is Nc1cccc(-c2nccn2CC(=O)NC2CC2)c1. The van der Waals surface area contributed by atoms with Crippen molar-refractivity contribution in [3.05, 3.63) is 36.7 Å². The lowest BCUT2D eigenvalue weighted by Crippen LogP contribution is -2.29. The van der Waals surface area contributed by atoms with Crippen molar-refractivity contribution in [1.29, 1.82) is 0 Å². The number of anilines is 1. The minimum atomic E-state index is 0.0330. The molecule has 1 heterocycles. The van der Waals surface area contributed by atoms with Crippen LogP contribution in [0.1, 0.15) is 12.8 Å². The number of nitrogen functional groups attached to an aromatic ring is 1. The third-order valence-corrected chi connectivity index (χ3v) is 3.12. The molecule has 5 nitrogen and oxygen atoms in total. The molecule has 1 aromatic carbocycles. The fourth-order valence-electron chi connectivity index (χ4n) is 2.03. The molecule has 0 aliphatic heterocycles. The zero-order valence-electron chi connectivity index (χ0n) is 10.5. The van der Waals surface area contributed by atoms with Gasteiger partial charge in [0.2, 0.25) is 5.91 Å². The van der Waals surface area contributed by atoms with E-state index in [1.807, 2.05) is 35.0 Å². The smallest absolute Gasteiger partial charge is 0.240 e. The molecule has 3 rings (SSSR count). The van der Waals surface area contributed by atoms with Gasteiger partial charge in [0.25, 0.3) is 0 Å². The normalized spacial score (nSPS) is 14.3. The van der Waals surface area contributed by atoms with Crippen LogP contribution in [0.15, 0.2) is 36.7 Å². The van der Waals surface area contributed by atoms with Gasteiger partial charge in [-0.2, -0.15) is 0 Å². The van der Waals surface area contributed by atoms with Crippen molar-refractivity contribution in [2.75, 3.05) is 5.73 Å². The average Bonchev–Trinajstić information content (AvgIpc) is 3.05. The monoisotopic (exact) mass is 256 g/mol. The van der Waals surface area contributed by atoms with Gasteiger partial charge in [0.1, 0.15) is 12.4 Å². The molecule has 2 aromatic rings. The number of carbonyl (C=O) groups is 1. The van der Waals surface area contributed by atoms with Crippen LogP contribution in [0, 0.1) is 0 Å². The summed E-state index contributed by atoms with van der Waals surface area (Å²) in [5, 5.41) is 2.97. The molecule has 0 atom stereocenters. The van der Waals surface area contributed by atoms with Gasteiger partial charge in [0.05, 0.1) is 0 Å². The molecule has 0 radical (unpaired) electrons. The van der Waals surface area contributed by atoms with Crippen LogP contribution >= 0.6 is 0 Å². The molecule has 19 heavy (non-hydrogen) atoms. The first-order valence-electron chi connectivity index (χ1n) is 6.39. The largest absolute Gasteiger partial charge is 0.399 e. The predicted octanol–water partition coefficient (Wildman–Crippen LogP) is 1.41. The highest BCUT2D eigenvalue weighted by atomic mass is 16.2. The number of hydrogen-bond donors (Lipinski definition) is 2. The fraction of sp³-hybridized carbons (Fsp3) is 0.286. The van der Waals surface area contributed by atoms with Crippen LogP contribution < -0.4 is 11.1 Å². The van der Waals surface area contributed by atoms with E-state index in [1.165, 1.54) is 0 Å². The second-order valence-electron chi connectivity index (χ2n) is 4.85. The van der Waals surface area contributed by atoms with E-state index in [0.29, 0.717) is 18.3 Å². The number of nitrogens with zero attached hydrogens (tertiary/aromatic N) is 2. The quantitative estimate of drug-likeness (QED) is 0.812. The summed E-state index contributed by atoms with van der Waals surface area (Å²) in [5.74, 6) is 0.795. The Bertz CT molecular complexity index is 601. The number of imidazole rings is 1. The number of nitrogens with one attached hydrogen (secondary N) is 1. The Hall–Kier alpha value is -2.30. The van der Waals surface area contributed by atoms with Crippen molar-refractivity contribution >= 4 is 11.6 Å². The van der Waals surface area contributed by atoms with Gasteiger partial charge in [-0.3, -0.25) is 4.79 Å². The van der Waals surface area contributed by atoms with Crippen molar-refractivity contribution < 1.29 is 4.79 Å². The van der Waals surface area contributed by atoms with Gasteiger partial charge in [0.15, 0.2) is 0 Å². The van der Waals surface area contributed by atoms with Crippen molar-refractivity contribution in [3.8, 4) is 11.4 Å². The Morgan fingerprint density at radius 1 is 1.47 bits per heavy atom. The van der Waals surface area contributed by atoms with E-state index in [-0.39, 0.29) is 5.91 Å². The average molecular weight is 256 g/mol. The Labute approximate surface area is 111 Å². The van der Waals surface area contributed by atoms with Gasteiger partial charge in [-0.25, -0.2) is 4.98 Å². The summed E-state index contributed by atoms with van der Waals surface area (Å²) in [7, 11) is 0. The molecule has 1 amide bonds. The number of benzene rings is 1. The van der Waals surface area contributed by atoms with Crippen LogP contribution in [0.5, 0.6) is 0 Å². The summed E-state index contributed by atoms with van der Waals surface area (Å²) in [6.45, 7) is 0.292. The summed E-state index contributed by atoms with van der Waals surface area (Å²) < 4.78 is 1.84. The van der Waals surface area contributed by atoms with Crippen LogP contribution in [0.2, 0.25) is 0 Å². The van der Waals surface area contributed by atoms with E-state index in [9.17, 15) is 4.79 Å². The summed E-state index contributed by atoms with van der Waals surface area (Å²) in [4.78, 5) is 16.1. The van der Waals surface area contributed by atoms with Crippen LogP contribution in [0.3, 0.4) is 0 Å². The molecular formula is C14H16N4O. The summed E-state index contributed by atoms with van der Waals surface area (Å²) >= 11 is 0. The molecule has 1 aromatic heterocycles. The topological polar surface area (TPSA) is 72.9 Å². The van der Waals surface area contributed by atoms with Crippen LogP contribution in [0.25, 0.3) is 11.4 Å². The van der Waals surface area contributed by atoms with Crippen LogP contribution in [0.4, 0.5) is 5.69 Å². The highest BCUT2D eigenvalue weighted by Crippen LogP contribution is 2.21. The lowest BCUT2D eigenvalue weighted by molar-refractivity contribution is -0.121. The lowest BCUT2D eigenvalue weighted by atomic mass is 10.2. The zero-order chi connectivity index (χ0) is 13.2. The van der Waals surface area contributed by atoms with E-state index >= 15 is 0 Å².